The van der Waals surface area contributed by atoms with Crippen LogP contribution in [0.15, 0.2) is 22.7 Å². The van der Waals surface area contributed by atoms with E-state index >= 15 is 0 Å². The van der Waals surface area contributed by atoms with Crippen molar-refractivity contribution < 1.29 is 4.39 Å². The standard InChI is InChI=1S/C16H24BrFN2/c1-3-5-15-9-19-14(4-2)11-20(15)10-12-6-7-13(17)8-16(12)18/h6-8,14-15,19H,3-5,9-11H2,1-2H3. The number of rotatable bonds is 5. The fraction of sp³-hybridized carbons (Fsp3) is 0.625. The summed E-state index contributed by atoms with van der Waals surface area (Å²) in [5.74, 6) is -0.110. The van der Waals surface area contributed by atoms with E-state index in [-0.39, 0.29) is 5.82 Å². The van der Waals surface area contributed by atoms with Gasteiger partial charge in [-0.3, -0.25) is 4.90 Å². The van der Waals surface area contributed by atoms with Crippen molar-refractivity contribution in [3.63, 3.8) is 0 Å². The van der Waals surface area contributed by atoms with Crippen molar-refractivity contribution in [1.82, 2.24) is 10.2 Å². The van der Waals surface area contributed by atoms with Crippen molar-refractivity contribution in [2.24, 2.45) is 0 Å². The molecule has 0 bridgehead atoms. The van der Waals surface area contributed by atoms with E-state index in [1.807, 2.05) is 12.1 Å². The zero-order valence-corrected chi connectivity index (χ0v) is 13.9. The highest BCUT2D eigenvalue weighted by Gasteiger charge is 2.26. The highest BCUT2D eigenvalue weighted by Crippen LogP contribution is 2.21. The SMILES string of the molecule is CCCC1CNC(CC)CN1Cc1ccc(Br)cc1F. The van der Waals surface area contributed by atoms with Gasteiger partial charge in [-0.2, -0.15) is 0 Å². The fourth-order valence-corrected chi connectivity index (χ4v) is 3.22. The number of hydrogen-bond acceptors (Lipinski definition) is 2. The molecule has 112 valence electrons. The number of halogens is 2. The van der Waals surface area contributed by atoms with E-state index < -0.39 is 0 Å². The van der Waals surface area contributed by atoms with E-state index in [1.54, 1.807) is 6.07 Å². The third-order valence-electron chi connectivity index (χ3n) is 4.12. The first-order valence-electron chi connectivity index (χ1n) is 7.55. The average Bonchev–Trinajstić information content (AvgIpc) is 2.44. The Morgan fingerprint density at radius 3 is 2.85 bits per heavy atom. The molecule has 2 nitrogen and oxygen atoms in total. The lowest BCUT2D eigenvalue weighted by Crippen LogP contribution is -2.55. The number of hydrogen-bond donors (Lipinski definition) is 1. The fourth-order valence-electron chi connectivity index (χ4n) is 2.88. The minimum atomic E-state index is -0.110. The van der Waals surface area contributed by atoms with Crippen molar-refractivity contribution >= 4 is 15.9 Å². The molecule has 0 aromatic heterocycles. The summed E-state index contributed by atoms with van der Waals surface area (Å²) in [6, 6.07) is 6.43. The van der Waals surface area contributed by atoms with Crippen LogP contribution in [-0.2, 0) is 6.54 Å². The summed E-state index contributed by atoms with van der Waals surface area (Å²) in [5.41, 5.74) is 0.797. The van der Waals surface area contributed by atoms with Crippen molar-refractivity contribution in [2.45, 2.75) is 51.7 Å². The Balaban J connectivity index is 2.09. The lowest BCUT2D eigenvalue weighted by molar-refractivity contribution is 0.112. The quantitative estimate of drug-likeness (QED) is 0.871. The lowest BCUT2D eigenvalue weighted by atomic mass is 10.0. The van der Waals surface area contributed by atoms with Gasteiger partial charge in [0.05, 0.1) is 0 Å². The normalized spacial score (nSPS) is 24.0. The summed E-state index contributed by atoms with van der Waals surface area (Å²) in [7, 11) is 0. The number of nitrogens with one attached hydrogen (secondary N) is 1. The molecule has 20 heavy (non-hydrogen) atoms. The molecule has 0 amide bonds. The monoisotopic (exact) mass is 342 g/mol. The van der Waals surface area contributed by atoms with Gasteiger partial charge >= 0.3 is 0 Å². The minimum Gasteiger partial charge on any atom is -0.311 e. The smallest absolute Gasteiger partial charge is 0.128 e. The van der Waals surface area contributed by atoms with Gasteiger partial charge in [0.2, 0.25) is 0 Å². The van der Waals surface area contributed by atoms with Crippen LogP contribution in [-0.4, -0.2) is 30.1 Å². The maximum absolute atomic E-state index is 14.0. The molecule has 1 heterocycles. The van der Waals surface area contributed by atoms with Crippen molar-refractivity contribution in [3.8, 4) is 0 Å². The highest BCUT2D eigenvalue weighted by atomic mass is 79.9. The van der Waals surface area contributed by atoms with Crippen molar-refractivity contribution in [2.75, 3.05) is 13.1 Å². The van der Waals surface area contributed by atoms with Crippen LogP contribution in [0.1, 0.15) is 38.7 Å². The molecule has 2 rings (SSSR count). The Kier molecular flexibility index (Phi) is 6.00. The second-order valence-electron chi connectivity index (χ2n) is 5.62. The van der Waals surface area contributed by atoms with E-state index in [9.17, 15) is 4.39 Å². The molecule has 0 spiro atoms. The van der Waals surface area contributed by atoms with Crippen LogP contribution >= 0.6 is 15.9 Å². The van der Waals surface area contributed by atoms with Gasteiger partial charge in [0, 0.05) is 41.8 Å². The van der Waals surface area contributed by atoms with Crippen LogP contribution in [0.5, 0.6) is 0 Å². The van der Waals surface area contributed by atoms with Crippen LogP contribution in [0, 0.1) is 5.82 Å². The Hall–Kier alpha value is -0.450. The van der Waals surface area contributed by atoms with E-state index in [1.165, 1.54) is 12.8 Å². The molecular formula is C16H24BrFN2. The third kappa shape index (κ3) is 4.03. The predicted molar refractivity (Wildman–Crippen MR) is 85.3 cm³/mol. The Morgan fingerprint density at radius 2 is 2.20 bits per heavy atom. The molecular weight excluding hydrogens is 319 g/mol. The minimum absolute atomic E-state index is 0.110. The summed E-state index contributed by atoms with van der Waals surface area (Å²) in [6.45, 7) is 7.16. The Bertz CT molecular complexity index is 438. The first-order valence-corrected chi connectivity index (χ1v) is 8.34. The zero-order chi connectivity index (χ0) is 14.5. The summed E-state index contributed by atoms with van der Waals surface area (Å²) < 4.78 is 14.8. The number of nitrogens with zero attached hydrogens (tertiary/aromatic N) is 1. The molecule has 1 N–H and O–H groups in total. The molecule has 2 unspecified atom stereocenters. The van der Waals surface area contributed by atoms with Crippen LogP contribution in [0.4, 0.5) is 4.39 Å². The highest BCUT2D eigenvalue weighted by molar-refractivity contribution is 9.10. The predicted octanol–water partition coefficient (Wildman–Crippen LogP) is 3.94. The Morgan fingerprint density at radius 1 is 1.40 bits per heavy atom. The van der Waals surface area contributed by atoms with Crippen LogP contribution < -0.4 is 5.32 Å². The second-order valence-corrected chi connectivity index (χ2v) is 6.54. The van der Waals surface area contributed by atoms with Gasteiger partial charge in [0.15, 0.2) is 0 Å². The summed E-state index contributed by atoms with van der Waals surface area (Å²) in [4.78, 5) is 2.44. The lowest BCUT2D eigenvalue weighted by Gasteiger charge is -2.40. The van der Waals surface area contributed by atoms with E-state index in [2.05, 4.69) is 40.0 Å². The van der Waals surface area contributed by atoms with Gasteiger partial charge in [-0.1, -0.05) is 42.3 Å². The van der Waals surface area contributed by atoms with Crippen LogP contribution in [0.2, 0.25) is 0 Å². The molecule has 1 aliphatic rings. The van der Waals surface area contributed by atoms with Crippen LogP contribution in [0.25, 0.3) is 0 Å². The summed E-state index contributed by atoms with van der Waals surface area (Å²) in [5, 5.41) is 3.60. The molecule has 4 heteroatoms. The molecule has 0 aliphatic carbocycles. The van der Waals surface area contributed by atoms with Gasteiger partial charge < -0.3 is 5.32 Å². The first kappa shape index (κ1) is 15.9. The summed E-state index contributed by atoms with van der Waals surface area (Å²) >= 11 is 3.32. The van der Waals surface area contributed by atoms with E-state index in [0.717, 1.165) is 29.5 Å². The summed E-state index contributed by atoms with van der Waals surface area (Å²) in [6.07, 6.45) is 3.46. The molecule has 1 saturated heterocycles. The topological polar surface area (TPSA) is 15.3 Å². The number of piperazine rings is 1. The average molecular weight is 343 g/mol. The molecule has 0 radical (unpaired) electrons. The molecule has 2 atom stereocenters. The number of benzene rings is 1. The third-order valence-corrected chi connectivity index (χ3v) is 4.61. The Labute approximate surface area is 129 Å². The van der Waals surface area contributed by atoms with E-state index in [0.29, 0.717) is 18.6 Å². The molecule has 1 fully saturated rings. The van der Waals surface area contributed by atoms with Crippen molar-refractivity contribution in [3.05, 3.63) is 34.1 Å². The van der Waals surface area contributed by atoms with Gasteiger partial charge in [-0.25, -0.2) is 4.39 Å². The van der Waals surface area contributed by atoms with Gasteiger partial charge in [0.1, 0.15) is 5.82 Å². The molecule has 1 aromatic carbocycles. The molecule has 0 saturated carbocycles. The van der Waals surface area contributed by atoms with Gasteiger partial charge in [0.25, 0.3) is 0 Å². The maximum atomic E-state index is 14.0. The zero-order valence-electron chi connectivity index (χ0n) is 12.3. The molecule has 1 aliphatic heterocycles. The first-order chi connectivity index (χ1) is 9.63. The second kappa shape index (κ2) is 7.53. The van der Waals surface area contributed by atoms with E-state index in [4.69, 9.17) is 0 Å². The van der Waals surface area contributed by atoms with Crippen LogP contribution in [0.3, 0.4) is 0 Å². The molecule has 1 aromatic rings. The largest absolute Gasteiger partial charge is 0.311 e. The maximum Gasteiger partial charge on any atom is 0.128 e. The van der Waals surface area contributed by atoms with Gasteiger partial charge in [-0.05, 0) is 25.0 Å². The van der Waals surface area contributed by atoms with Gasteiger partial charge in [-0.15, -0.1) is 0 Å². The van der Waals surface area contributed by atoms with Crippen molar-refractivity contribution in [1.29, 1.82) is 0 Å².